The van der Waals surface area contributed by atoms with Gasteiger partial charge >= 0.3 is 0 Å². The van der Waals surface area contributed by atoms with Gasteiger partial charge in [0.2, 0.25) is 5.91 Å². The van der Waals surface area contributed by atoms with Crippen LogP contribution >= 0.6 is 0 Å². The fourth-order valence-electron chi connectivity index (χ4n) is 3.08. The molecule has 3 rings (SSSR count). The Morgan fingerprint density at radius 3 is 2.60 bits per heavy atom. The average molecular weight is 335 g/mol. The molecule has 0 radical (unpaired) electrons. The third kappa shape index (κ3) is 4.47. The molecule has 0 atom stereocenters. The van der Waals surface area contributed by atoms with Gasteiger partial charge in [-0.25, -0.2) is 4.98 Å². The summed E-state index contributed by atoms with van der Waals surface area (Å²) in [5.41, 5.74) is 3.50. The van der Waals surface area contributed by atoms with Crippen LogP contribution < -0.4 is 5.32 Å². The predicted molar refractivity (Wildman–Crippen MR) is 102 cm³/mol. The minimum absolute atomic E-state index is 0.120. The Morgan fingerprint density at radius 2 is 1.80 bits per heavy atom. The van der Waals surface area contributed by atoms with Gasteiger partial charge in [0.05, 0.1) is 11.0 Å². The molecule has 1 aromatic heterocycles. The number of amides is 1. The molecule has 3 aromatic rings. The van der Waals surface area contributed by atoms with Crippen LogP contribution in [-0.4, -0.2) is 22.0 Å². The van der Waals surface area contributed by atoms with Crippen molar-refractivity contribution in [1.29, 1.82) is 0 Å². The molecule has 130 valence electrons. The molecule has 0 spiro atoms. The number of fused-ring (bicyclic) bond motifs is 1. The van der Waals surface area contributed by atoms with Crippen LogP contribution in [-0.2, 0) is 24.2 Å². The minimum Gasteiger partial charge on any atom is -0.356 e. The van der Waals surface area contributed by atoms with Crippen molar-refractivity contribution in [2.75, 3.05) is 6.54 Å². The van der Waals surface area contributed by atoms with Crippen LogP contribution in [0, 0.1) is 0 Å². The van der Waals surface area contributed by atoms with Crippen LogP contribution in [0.2, 0.25) is 0 Å². The quantitative estimate of drug-likeness (QED) is 0.682. The molecule has 4 nitrogen and oxygen atoms in total. The lowest BCUT2D eigenvalue weighted by Gasteiger charge is -2.10. The number of aryl methyl sites for hydroxylation is 2. The van der Waals surface area contributed by atoms with Gasteiger partial charge in [0.15, 0.2) is 0 Å². The van der Waals surface area contributed by atoms with Crippen LogP contribution in [0.15, 0.2) is 54.6 Å². The molecule has 0 aliphatic rings. The van der Waals surface area contributed by atoms with E-state index in [2.05, 4.69) is 46.3 Å². The molecule has 2 aromatic carbocycles. The molecule has 25 heavy (non-hydrogen) atoms. The zero-order valence-corrected chi connectivity index (χ0v) is 14.7. The third-order valence-electron chi connectivity index (χ3n) is 4.35. The summed E-state index contributed by atoms with van der Waals surface area (Å²) in [6.45, 7) is 3.54. The fraction of sp³-hybridized carbons (Fsp3) is 0.333. The van der Waals surface area contributed by atoms with Gasteiger partial charge in [-0.3, -0.25) is 4.79 Å². The number of rotatable bonds is 8. The Hall–Kier alpha value is -2.62. The van der Waals surface area contributed by atoms with Crippen molar-refractivity contribution in [3.8, 4) is 0 Å². The van der Waals surface area contributed by atoms with E-state index in [9.17, 15) is 4.79 Å². The summed E-state index contributed by atoms with van der Waals surface area (Å²) < 4.78 is 2.29. The molecule has 1 amide bonds. The van der Waals surface area contributed by atoms with Gasteiger partial charge in [-0.05, 0) is 30.5 Å². The van der Waals surface area contributed by atoms with E-state index in [0.29, 0.717) is 13.0 Å². The predicted octanol–water partition coefficient (Wildman–Crippen LogP) is 3.74. The second-order valence-corrected chi connectivity index (χ2v) is 6.25. The highest BCUT2D eigenvalue weighted by molar-refractivity contribution is 5.76. The molecule has 1 N–H and O–H groups in total. The standard InChI is InChI=1S/C21H25N3O/c1-2-8-21(25)22-15-13-20-23-18-11-6-7-12-19(18)24(20)16-14-17-9-4-3-5-10-17/h3-7,9-12H,2,8,13-16H2,1H3,(H,22,25). The Kier molecular flexibility index (Phi) is 5.83. The number of nitrogens with zero attached hydrogens (tertiary/aromatic N) is 2. The highest BCUT2D eigenvalue weighted by atomic mass is 16.1. The zero-order chi connectivity index (χ0) is 17.5. The van der Waals surface area contributed by atoms with E-state index in [4.69, 9.17) is 4.98 Å². The zero-order valence-electron chi connectivity index (χ0n) is 14.7. The van der Waals surface area contributed by atoms with Gasteiger partial charge < -0.3 is 9.88 Å². The van der Waals surface area contributed by atoms with Crippen LogP contribution in [0.3, 0.4) is 0 Å². The molecule has 0 saturated heterocycles. The van der Waals surface area contributed by atoms with E-state index in [1.54, 1.807) is 0 Å². The van der Waals surface area contributed by atoms with Crippen molar-refractivity contribution >= 4 is 16.9 Å². The topological polar surface area (TPSA) is 46.9 Å². The van der Waals surface area contributed by atoms with Gasteiger partial charge in [0, 0.05) is 25.9 Å². The number of hydrogen-bond donors (Lipinski definition) is 1. The van der Waals surface area contributed by atoms with E-state index in [0.717, 1.165) is 42.7 Å². The van der Waals surface area contributed by atoms with E-state index in [-0.39, 0.29) is 5.91 Å². The lowest BCUT2D eigenvalue weighted by Crippen LogP contribution is -2.26. The monoisotopic (exact) mass is 335 g/mol. The van der Waals surface area contributed by atoms with Crippen molar-refractivity contribution < 1.29 is 4.79 Å². The van der Waals surface area contributed by atoms with E-state index in [1.807, 2.05) is 25.1 Å². The Labute approximate surface area is 148 Å². The van der Waals surface area contributed by atoms with Crippen molar-refractivity contribution in [1.82, 2.24) is 14.9 Å². The molecule has 4 heteroatoms. The number of para-hydroxylation sites is 2. The number of carbonyl (C=O) groups is 1. The second-order valence-electron chi connectivity index (χ2n) is 6.25. The maximum absolute atomic E-state index is 11.7. The lowest BCUT2D eigenvalue weighted by molar-refractivity contribution is -0.121. The first-order valence-corrected chi connectivity index (χ1v) is 9.02. The highest BCUT2D eigenvalue weighted by Crippen LogP contribution is 2.17. The van der Waals surface area contributed by atoms with Crippen molar-refractivity contribution in [2.24, 2.45) is 0 Å². The van der Waals surface area contributed by atoms with Crippen molar-refractivity contribution in [2.45, 2.75) is 39.2 Å². The number of carbonyl (C=O) groups excluding carboxylic acids is 1. The molecule has 1 heterocycles. The fourth-order valence-corrected chi connectivity index (χ4v) is 3.08. The van der Waals surface area contributed by atoms with Gasteiger partial charge in [-0.1, -0.05) is 49.4 Å². The van der Waals surface area contributed by atoms with Gasteiger partial charge in [-0.2, -0.15) is 0 Å². The number of aromatic nitrogens is 2. The Morgan fingerprint density at radius 1 is 1.04 bits per heavy atom. The highest BCUT2D eigenvalue weighted by Gasteiger charge is 2.10. The maximum atomic E-state index is 11.7. The average Bonchev–Trinajstić information content (AvgIpc) is 2.98. The van der Waals surface area contributed by atoms with Crippen LogP contribution in [0.5, 0.6) is 0 Å². The van der Waals surface area contributed by atoms with Crippen LogP contribution in [0.25, 0.3) is 11.0 Å². The SMILES string of the molecule is CCCC(=O)NCCc1nc2ccccc2n1CCc1ccccc1. The van der Waals surface area contributed by atoms with Crippen LogP contribution in [0.4, 0.5) is 0 Å². The minimum atomic E-state index is 0.120. The molecule has 0 aliphatic carbocycles. The summed E-state index contributed by atoms with van der Waals surface area (Å²) in [5.74, 6) is 1.16. The van der Waals surface area contributed by atoms with Crippen molar-refractivity contribution in [3.05, 3.63) is 66.0 Å². The largest absolute Gasteiger partial charge is 0.356 e. The third-order valence-corrected chi connectivity index (χ3v) is 4.35. The van der Waals surface area contributed by atoms with E-state index >= 15 is 0 Å². The number of imidazole rings is 1. The molecule has 0 aliphatic heterocycles. The smallest absolute Gasteiger partial charge is 0.219 e. The maximum Gasteiger partial charge on any atom is 0.219 e. The molecular weight excluding hydrogens is 310 g/mol. The number of benzene rings is 2. The van der Waals surface area contributed by atoms with Crippen LogP contribution in [0.1, 0.15) is 31.2 Å². The molecule has 0 fully saturated rings. The normalized spacial score (nSPS) is 10.9. The Balaban J connectivity index is 1.74. The lowest BCUT2D eigenvalue weighted by atomic mass is 10.1. The summed E-state index contributed by atoms with van der Waals surface area (Å²) in [7, 11) is 0. The molecular formula is C21H25N3O. The van der Waals surface area contributed by atoms with E-state index in [1.165, 1.54) is 5.56 Å². The number of hydrogen-bond acceptors (Lipinski definition) is 2. The first-order valence-electron chi connectivity index (χ1n) is 9.02. The van der Waals surface area contributed by atoms with Crippen molar-refractivity contribution in [3.63, 3.8) is 0 Å². The van der Waals surface area contributed by atoms with E-state index < -0.39 is 0 Å². The molecule has 0 unspecified atom stereocenters. The summed E-state index contributed by atoms with van der Waals surface area (Å²) >= 11 is 0. The van der Waals surface area contributed by atoms with Gasteiger partial charge in [0.25, 0.3) is 0 Å². The first-order chi connectivity index (χ1) is 12.3. The second kappa shape index (κ2) is 8.47. The molecule has 0 bridgehead atoms. The van der Waals surface area contributed by atoms with Gasteiger partial charge in [-0.15, -0.1) is 0 Å². The molecule has 0 saturated carbocycles. The summed E-state index contributed by atoms with van der Waals surface area (Å²) in [5, 5.41) is 2.99. The summed E-state index contributed by atoms with van der Waals surface area (Å²) in [4.78, 5) is 16.4. The van der Waals surface area contributed by atoms with Gasteiger partial charge in [0.1, 0.15) is 5.82 Å². The number of nitrogens with one attached hydrogen (secondary N) is 1. The Bertz CT molecular complexity index is 824. The first kappa shape index (κ1) is 17.2. The summed E-state index contributed by atoms with van der Waals surface area (Å²) in [6, 6.07) is 18.7. The summed E-state index contributed by atoms with van der Waals surface area (Å²) in [6.07, 6.45) is 3.18.